The lowest BCUT2D eigenvalue weighted by molar-refractivity contribution is -0.314. The quantitative estimate of drug-likeness (QED) is 0.174. The van der Waals surface area contributed by atoms with Crippen molar-refractivity contribution in [3.63, 3.8) is 0 Å². The highest BCUT2D eigenvalue weighted by molar-refractivity contribution is 5.01. The first-order valence-corrected chi connectivity index (χ1v) is 10.8. The van der Waals surface area contributed by atoms with E-state index in [1.165, 1.54) is 0 Å². The van der Waals surface area contributed by atoms with E-state index in [1.807, 2.05) is 0 Å². The molecular formula is C18H37N5O9. The molecule has 0 aromatic carbocycles. The smallest absolute Gasteiger partial charge is 0.186 e. The lowest BCUT2D eigenvalue weighted by Gasteiger charge is -2.47. The molecule has 3 aliphatic rings. The molecule has 2 saturated heterocycles. The molecule has 0 amide bonds. The summed E-state index contributed by atoms with van der Waals surface area (Å²) in [5.41, 5.74) is 29.8. The summed E-state index contributed by atoms with van der Waals surface area (Å²) < 4.78 is 22.7. The second kappa shape index (κ2) is 10.8. The van der Waals surface area contributed by atoms with Gasteiger partial charge in [-0.3, -0.25) is 0 Å². The molecule has 3 fully saturated rings. The van der Waals surface area contributed by atoms with Crippen molar-refractivity contribution in [3.8, 4) is 0 Å². The molecule has 0 spiro atoms. The monoisotopic (exact) mass is 467 g/mol. The topological polar surface area (TPSA) is 268 Å². The zero-order valence-corrected chi connectivity index (χ0v) is 17.7. The molecule has 32 heavy (non-hydrogen) atoms. The van der Waals surface area contributed by atoms with Crippen LogP contribution in [-0.2, 0) is 18.9 Å². The third-order valence-corrected chi connectivity index (χ3v) is 6.41. The number of aliphatic hydroxyl groups excluding tert-OH is 5. The molecule has 1 aliphatic carbocycles. The van der Waals surface area contributed by atoms with Crippen LogP contribution in [0, 0.1) is 0 Å². The first-order valence-electron chi connectivity index (χ1n) is 10.8. The van der Waals surface area contributed by atoms with Gasteiger partial charge in [0.25, 0.3) is 0 Å². The fourth-order valence-electron chi connectivity index (χ4n) is 4.43. The molecule has 0 bridgehead atoms. The molecular weight excluding hydrogens is 430 g/mol. The van der Waals surface area contributed by atoms with Crippen molar-refractivity contribution in [1.29, 1.82) is 0 Å². The Bertz CT molecular complexity index is 607. The van der Waals surface area contributed by atoms with Crippen LogP contribution in [0.2, 0.25) is 0 Å². The van der Waals surface area contributed by atoms with Gasteiger partial charge in [-0.25, -0.2) is 0 Å². The molecule has 0 aromatic rings. The molecule has 1 saturated carbocycles. The average Bonchev–Trinajstić information content (AvgIpc) is 2.75. The maximum Gasteiger partial charge on any atom is 0.186 e. The lowest BCUT2D eigenvalue weighted by atomic mass is 9.84. The van der Waals surface area contributed by atoms with Crippen molar-refractivity contribution in [1.82, 2.24) is 0 Å². The second-order valence-electron chi connectivity index (χ2n) is 8.78. The summed E-state index contributed by atoms with van der Waals surface area (Å²) in [5, 5.41) is 50.7. The molecule has 0 radical (unpaired) electrons. The molecule has 3 rings (SSSR count). The minimum Gasteiger partial charge on any atom is -0.394 e. The molecule has 15 N–H and O–H groups in total. The van der Waals surface area contributed by atoms with Crippen molar-refractivity contribution < 1.29 is 44.5 Å². The second-order valence-corrected chi connectivity index (χ2v) is 8.78. The molecule has 188 valence electrons. The highest BCUT2D eigenvalue weighted by Crippen LogP contribution is 2.30. The minimum atomic E-state index is -1.44. The average molecular weight is 468 g/mol. The van der Waals surface area contributed by atoms with Gasteiger partial charge in [0.15, 0.2) is 12.6 Å². The van der Waals surface area contributed by atoms with Gasteiger partial charge in [-0.1, -0.05) is 0 Å². The van der Waals surface area contributed by atoms with E-state index < -0.39 is 92.2 Å². The van der Waals surface area contributed by atoms with Gasteiger partial charge in [0.2, 0.25) is 0 Å². The first kappa shape index (κ1) is 26.1. The maximum absolute atomic E-state index is 11.0. The third kappa shape index (κ3) is 5.24. The molecule has 2 aliphatic heterocycles. The highest BCUT2D eigenvalue weighted by atomic mass is 16.7. The minimum absolute atomic E-state index is 0.0542. The third-order valence-electron chi connectivity index (χ3n) is 6.41. The Morgan fingerprint density at radius 3 is 1.84 bits per heavy atom. The standard InChI is InChI=1S/C18H37N5O9/c19-3-9-8(25)2-7(22)17(29-9)31-15-5(20)1-6(21)16(14(15)28)32-18-13(27)11(23)12(26)10(4-24)30-18/h5-18,24-28H,1-4,19-23H2/t5-,6-,7-,8+,9+,10+,11+,12-,13-,14-,15-,16+,17-,18-/m1/s1. The van der Waals surface area contributed by atoms with Crippen molar-refractivity contribution >= 4 is 0 Å². The summed E-state index contributed by atoms with van der Waals surface area (Å²) in [6, 6.07) is -3.27. The van der Waals surface area contributed by atoms with Crippen LogP contribution in [0.3, 0.4) is 0 Å². The van der Waals surface area contributed by atoms with Crippen molar-refractivity contribution in [2.24, 2.45) is 28.7 Å². The van der Waals surface area contributed by atoms with Crippen molar-refractivity contribution in [3.05, 3.63) is 0 Å². The molecule has 14 atom stereocenters. The SMILES string of the molecule is NC[C@@H]1O[C@H](O[C@H]2[C@@H](O)[C@@H](O[C@H]3O[C@@H](CO)[C@@H](O)[C@H](N)[C@H]3O)[C@H](N)C[C@H]2N)[C@H](N)C[C@@H]1O. The number of aliphatic hydroxyl groups is 5. The molecule has 0 unspecified atom stereocenters. The van der Waals surface area contributed by atoms with Crippen LogP contribution in [0.25, 0.3) is 0 Å². The highest BCUT2D eigenvalue weighted by Gasteiger charge is 2.50. The number of ether oxygens (including phenoxy) is 4. The van der Waals surface area contributed by atoms with E-state index in [1.54, 1.807) is 0 Å². The molecule has 14 nitrogen and oxygen atoms in total. The van der Waals surface area contributed by atoms with Crippen LogP contribution in [0.1, 0.15) is 12.8 Å². The van der Waals surface area contributed by atoms with Crippen LogP contribution >= 0.6 is 0 Å². The Morgan fingerprint density at radius 1 is 0.719 bits per heavy atom. The molecule has 2 heterocycles. The number of hydrogen-bond acceptors (Lipinski definition) is 14. The van der Waals surface area contributed by atoms with Gasteiger partial charge in [0.1, 0.15) is 36.6 Å². The van der Waals surface area contributed by atoms with Gasteiger partial charge in [-0.15, -0.1) is 0 Å². The summed E-state index contributed by atoms with van der Waals surface area (Å²) in [7, 11) is 0. The Balaban J connectivity index is 1.70. The van der Waals surface area contributed by atoms with Gasteiger partial charge >= 0.3 is 0 Å². The van der Waals surface area contributed by atoms with Gasteiger partial charge in [0, 0.05) is 18.6 Å². The van der Waals surface area contributed by atoms with E-state index in [2.05, 4.69) is 0 Å². The van der Waals surface area contributed by atoms with E-state index in [0.717, 1.165) is 0 Å². The van der Waals surface area contributed by atoms with Gasteiger partial charge in [-0.2, -0.15) is 0 Å². The van der Waals surface area contributed by atoms with E-state index in [4.69, 9.17) is 47.6 Å². The predicted molar refractivity (Wildman–Crippen MR) is 108 cm³/mol. The normalized spacial score (nSPS) is 52.7. The molecule has 14 heteroatoms. The Hall–Kier alpha value is -0.560. The number of hydrogen-bond donors (Lipinski definition) is 10. The van der Waals surface area contributed by atoms with E-state index in [9.17, 15) is 25.5 Å². The molecule has 0 aromatic heterocycles. The van der Waals surface area contributed by atoms with Gasteiger partial charge < -0.3 is 73.1 Å². The fourth-order valence-corrected chi connectivity index (χ4v) is 4.43. The Kier molecular flexibility index (Phi) is 8.79. The predicted octanol–water partition coefficient (Wildman–Crippen LogP) is -6.30. The van der Waals surface area contributed by atoms with E-state index in [-0.39, 0.29) is 19.4 Å². The largest absolute Gasteiger partial charge is 0.394 e. The summed E-state index contributed by atoms with van der Waals surface area (Å²) in [6.45, 7) is -0.499. The van der Waals surface area contributed by atoms with Gasteiger partial charge in [0.05, 0.1) is 30.9 Å². The lowest BCUT2D eigenvalue weighted by Crippen LogP contribution is -2.68. The van der Waals surface area contributed by atoms with Crippen LogP contribution in [-0.4, -0.2) is 124 Å². The van der Waals surface area contributed by atoms with Gasteiger partial charge in [-0.05, 0) is 12.8 Å². The fraction of sp³-hybridized carbons (Fsp3) is 1.00. The van der Waals surface area contributed by atoms with Crippen molar-refractivity contribution in [2.45, 2.75) is 98.4 Å². The van der Waals surface area contributed by atoms with Crippen molar-refractivity contribution in [2.75, 3.05) is 13.2 Å². The zero-order chi connectivity index (χ0) is 23.7. The zero-order valence-electron chi connectivity index (χ0n) is 17.7. The summed E-state index contributed by atoms with van der Waals surface area (Å²) >= 11 is 0. The van der Waals surface area contributed by atoms with Crippen LogP contribution in [0.5, 0.6) is 0 Å². The summed E-state index contributed by atoms with van der Waals surface area (Å²) in [4.78, 5) is 0. The Labute approximate surface area is 185 Å². The van der Waals surface area contributed by atoms with E-state index >= 15 is 0 Å². The van der Waals surface area contributed by atoms with Crippen LogP contribution < -0.4 is 28.7 Å². The number of rotatable bonds is 6. The summed E-state index contributed by atoms with van der Waals surface area (Å²) in [5.74, 6) is 0. The first-order chi connectivity index (χ1) is 15.1. The summed E-state index contributed by atoms with van der Waals surface area (Å²) in [6.07, 6.45) is -10.8. The number of nitrogens with two attached hydrogens (primary N) is 5. The Morgan fingerprint density at radius 2 is 1.28 bits per heavy atom. The van der Waals surface area contributed by atoms with Crippen LogP contribution in [0.15, 0.2) is 0 Å². The van der Waals surface area contributed by atoms with Crippen LogP contribution in [0.4, 0.5) is 0 Å². The maximum atomic E-state index is 11.0. The van der Waals surface area contributed by atoms with E-state index in [0.29, 0.717) is 0 Å².